The Hall–Kier alpha value is -1.81. The van der Waals surface area contributed by atoms with Gasteiger partial charge >= 0.3 is 0 Å². The summed E-state index contributed by atoms with van der Waals surface area (Å²) in [7, 11) is 0. The first-order valence-corrected chi connectivity index (χ1v) is 8.11. The second-order valence-electron chi connectivity index (χ2n) is 6.41. The van der Waals surface area contributed by atoms with Gasteiger partial charge in [0, 0.05) is 25.6 Å². The van der Waals surface area contributed by atoms with Crippen LogP contribution in [-0.2, 0) is 16.0 Å². The number of ether oxygens (including phenoxy) is 2. The van der Waals surface area contributed by atoms with Crippen molar-refractivity contribution < 1.29 is 14.3 Å². The predicted octanol–water partition coefficient (Wildman–Crippen LogP) is 2.42. The zero-order chi connectivity index (χ0) is 15.0. The van der Waals surface area contributed by atoms with Gasteiger partial charge < -0.3 is 14.4 Å². The van der Waals surface area contributed by atoms with E-state index >= 15 is 0 Å². The van der Waals surface area contributed by atoms with E-state index in [1.165, 1.54) is 5.56 Å². The Morgan fingerprint density at radius 1 is 1.18 bits per heavy atom. The maximum atomic E-state index is 12.3. The maximum absolute atomic E-state index is 12.3. The molecule has 2 saturated heterocycles. The number of hydrogen-bond donors (Lipinski definition) is 0. The van der Waals surface area contributed by atoms with Crippen LogP contribution >= 0.6 is 0 Å². The average molecular weight is 299 g/mol. The van der Waals surface area contributed by atoms with Crippen LogP contribution in [0.2, 0.25) is 0 Å². The van der Waals surface area contributed by atoms with E-state index in [1.54, 1.807) is 6.08 Å². The topological polar surface area (TPSA) is 38.8 Å². The summed E-state index contributed by atoms with van der Waals surface area (Å²) in [5.74, 6) is 1.08. The molecule has 0 atom stereocenters. The monoisotopic (exact) mass is 299 g/mol. The molecular formula is C18H21NO3. The lowest BCUT2D eigenvalue weighted by Crippen LogP contribution is -2.53. The van der Waals surface area contributed by atoms with Crippen molar-refractivity contribution in [3.63, 3.8) is 0 Å². The van der Waals surface area contributed by atoms with Crippen molar-refractivity contribution in [2.45, 2.75) is 31.3 Å². The number of carbonyl (C=O) groups is 1. The molecule has 0 aliphatic carbocycles. The van der Waals surface area contributed by atoms with Crippen LogP contribution < -0.4 is 4.74 Å². The highest BCUT2D eigenvalue weighted by Crippen LogP contribution is 2.36. The van der Waals surface area contributed by atoms with E-state index in [9.17, 15) is 4.79 Å². The van der Waals surface area contributed by atoms with E-state index in [0.29, 0.717) is 0 Å². The second kappa shape index (κ2) is 5.43. The third-order valence-electron chi connectivity index (χ3n) is 5.08. The van der Waals surface area contributed by atoms with Gasteiger partial charge in [-0.2, -0.15) is 0 Å². The molecular weight excluding hydrogens is 278 g/mol. The summed E-state index contributed by atoms with van der Waals surface area (Å²) in [6.45, 7) is 3.26. The van der Waals surface area contributed by atoms with Crippen LogP contribution in [0.3, 0.4) is 0 Å². The van der Waals surface area contributed by atoms with Gasteiger partial charge in [0.1, 0.15) is 5.75 Å². The minimum atomic E-state index is 0.0977. The lowest BCUT2D eigenvalue weighted by molar-refractivity contribution is -0.175. The van der Waals surface area contributed by atoms with E-state index < -0.39 is 0 Å². The van der Waals surface area contributed by atoms with Crippen molar-refractivity contribution in [1.82, 2.24) is 4.90 Å². The molecule has 3 aliphatic rings. The van der Waals surface area contributed by atoms with E-state index in [1.807, 2.05) is 23.1 Å². The second-order valence-corrected chi connectivity index (χ2v) is 6.41. The van der Waals surface area contributed by atoms with Gasteiger partial charge in [-0.15, -0.1) is 0 Å². The molecule has 0 saturated carbocycles. The first kappa shape index (κ1) is 13.8. The lowest BCUT2D eigenvalue weighted by atomic mass is 9.84. The number of fused-ring (bicyclic) bond motifs is 1. The van der Waals surface area contributed by atoms with Crippen molar-refractivity contribution >= 4 is 12.0 Å². The van der Waals surface area contributed by atoms with Crippen LogP contribution in [-0.4, -0.2) is 42.7 Å². The van der Waals surface area contributed by atoms with E-state index in [0.717, 1.165) is 63.3 Å². The van der Waals surface area contributed by atoms with E-state index in [2.05, 4.69) is 6.07 Å². The summed E-state index contributed by atoms with van der Waals surface area (Å²) >= 11 is 0. The molecule has 4 rings (SSSR count). The number of nitrogens with zero attached hydrogens (tertiary/aromatic N) is 1. The fourth-order valence-electron chi connectivity index (χ4n) is 3.50. The quantitative estimate of drug-likeness (QED) is 0.787. The number of carbonyl (C=O) groups excluding carboxylic acids is 1. The third kappa shape index (κ3) is 2.52. The minimum absolute atomic E-state index is 0.0977. The zero-order valence-corrected chi connectivity index (χ0v) is 12.7. The number of hydrogen-bond acceptors (Lipinski definition) is 3. The highest BCUT2D eigenvalue weighted by Gasteiger charge is 2.41. The fraction of sp³-hybridized carbons (Fsp3) is 0.500. The Balaban J connectivity index is 1.37. The normalized spacial score (nSPS) is 22.5. The highest BCUT2D eigenvalue weighted by molar-refractivity contribution is 5.91. The standard InChI is InChI=1S/C18H21NO3/c20-17(19-9-6-18(7-10-19)8-12-22-18)4-2-14-1-3-16-15(13-14)5-11-21-16/h1-4,13H,5-12H2. The van der Waals surface area contributed by atoms with E-state index in [-0.39, 0.29) is 11.5 Å². The molecule has 0 aromatic heterocycles. The molecule has 3 aliphatic heterocycles. The van der Waals surface area contributed by atoms with Crippen LogP contribution in [0.4, 0.5) is 0 Å². The first-order chi connectivity index (χ1) is 10.7. The maximum Gasteiger partial charge on any atom is 0.246 e. The van der Waals surface area contributed by atoms with Gasteiger partial charge in [0.15, 0.2) is 0 Å². The van der Waals surface area contributed by atoms with Crippen molar-refractivity contribution in [2.24, 2.45) is 0 Å². The van der Waals surface area contributed by atoms with Crippen molar-refractivity contribution in [3.8, 4) is 5.75 Å². The molecule has 1 amide bonds. The Morgan fingerprint density at radius 3 is 2.73 bits per heavy atom. The highest BCUT2D eigenvalue weighted by atomic mass is 16.5. The molecule has 0 N–H and O–H groups in total. The number of likely N-dealkylation sites (tertiary alicyclic amines) is 1. The van der Waals surface area contributed by atoms with Gasteiger partial charge in [0.25, 0.3) is 0 Å². The van der Waals surface area contributed by atoms with Crippen LogP contribution in [0.5, 0.6) is 5.75 Å². The molecule has 4 nitrogen and oxygen atoms in total. The predicted molar refractivity (Wildman–Crippen MR) is 83.8 cm³/mol. The van der Waals surface area contributed by atoms with Gasteiger partial charge in [-0.1, -0.05) is 6.07 Å². The molecule has 1 spiro atoms. The van der Waals surface area contributed by atoms with Gasteiger partial charge in [-0.25, -0.2) is 0 Å². The van der Waals surface area contributed by atoms with Crippen molar-refractivity contribution in [2.75, 3.05) is 26.3 Å². The van der Waals surface area contributed by atoms with E-state index in [4.69, 9.17) is 9.47 Å². The Kier molecular flexibility index (Phi) is 3.41. The van der Waals surface area contributed by atoms with Gasteiger partial charge in [0.2, 0.25) is 5.91 Å². The molecule has 1 aromatic carbocycles. The van der Waals surface area contributed by atoms with Gasteiger partial charge in [-0.05, 0) is 48.6 Å². The summed E-state index contributed by atoms with van der Waals surface area (Å²) in [6, 6.07) is 6.10. The lowest BCUT2D eigenvalue weighted by Gasteiger charge is -2.47. The van der Waals surface area contributed by atoms with Crippen LogP contribution in [0.25, 0.3) is 6.08 Å². The molecule has 1 aromatic rings. The van der Waals surface area contributed by atoms with Gasteiger partial charge in [0.05, 0.1) is 18.8 Å². The molecule has 0 radical (unpaired) electrons. The molecule has 0 unspecified atom stereocenters. The Bertz CT molecular complexity index is 609. The summed E-state index contributed by atoms with van der Waals surface area (Å²) in [6.07, 6.45) is 7.66. The van der Waals surface area contributed by atoms with Crippen LogP contribution in [0.15, 0.2) is 24.3 Å². The molecule has 22 heavy (non-hydrogen) atoms. The third-order valence-corrected chi connectivity index (χ3v) is 5.08. The van der Waals surface area contributed by atoms with Crippen molar-refractivity contribution in [3.05, 3.63) is 35.4 Å². The first-order valence-electron chi connectivity index (χ1n) is 8.11. The summed E-state index contributed by atoms with van der Waals surface area (Å²) in [5, 5.41) is 0. The molecule has 0 bridgehead atoms. The van der Waals surface area contributed by atoms with Crippen molar-refractivity contribution in [1.29, 1.82) is 0 Å². The molecule has 116 valence electrons. The molecule has 4 heteroatoms. The minimum Gasteiger partial charge on any atom is -0.493 e. The molecule has 2 fully saturated rings. The number of rotatable bonds is 2. The fourth-order valence-corrected chi connectivity index (χ4v) is 3.50. The van der Waals surface area contributed by atoms with Crippen LogP contribution in [0, 0.1) is 0 Å². The largest absolute Gasteiger partial charge is 0.493 e. The number of benzene rings is 1. The molecule has 3 heterocycles. The van der Waals surface area contributed by atoms with Gasteiger partial charge in [-0.3, -0.25) is 4.79 Å². The smallest absolute Gasteiger partial charge is 0.246 e. The average Bonchev–Trinajstić information content (AvgIpc) is 2.99. The number of piperidine rings is 1. The van der Waals surface area contributed by atoms with Crippen LogP contribution in [0.1, 0.15) is 30.4 Å². The SMILES string of the molecule is O=C(C=Cc1ccc2c(c1)CCO2)N1CCC2(CCO2)CC1. The summed E-state index contributed by atoms with van der Waals surface area (Å²) in [4.78, 5) is 14.2. The summed E-state index contributed by atoms with van der Waals surface area (Å²) in [5.41, 5.74) is 2.39. The number of amides is 1. The zero-order valence-electron chi connectivity index (χ0n) is 12.7. The Labute approximate surface area is 130 Å². The Morgan fingerprint density at radius 2 is 2.00 bits per heavy atom. The summed E-state index contributed by atoms with van der Waals surface area (Å²) < 4.78 is 11.2.